The molecule has 2 aliphatic heterocycles. The van der Waals surface area contributed by atoms with Crippen LogP contribution in [0.4, 0.5) is 5.82 Å². The van der Waals surface area contributed by atoms with Crippen molar-refractivity contribution in [1.82, 2.24) is 14.3 Å². The second kappa shape index (κ2) is 8.87. The molecule has 2 aliphatic rings. The average molecular weight is 445 g/mol. The van der Waals surface area contributed by atoms with Crippen molar-refractivity contribution in [2.45, 2.75) is 39.2 Å². The van der Waals surface area contributed by atoms with E-state index in [9.17, 15) is 9.59 Å². The number of hydrogen-bond donors (Lipinski definition) is 1. The Hall–Kier alpha value is -2.23. The molecule has 0 aliphatic carbocycles. The zero-order valence-electron chi connectivity index (χ0n) is 17.0. The first-order valence-electron chi connectivity index (χ1n) is 10.1. The number of carbonyl (C=O) groups is 1. The van der Waals surface area contributed by atoms with E-state index in [1.54, 1.807) is 17.2 Å². The van der Waals surface area contributed by atoms with Crippen LogP contribution in [0, 0.1) is 6.92 Å². The number of aryl methyl sites for hydroxylation is 1. The summed E-state index contributed by atoms with van der Waals surface area (Å²) in [4.78, 5) is 32.9. The minimum absolute atomic E-state index is 0.0951. The molecule has 0 radical (unpaired) electrons. The third kappa shape index (κ3) is 4.01. The summed E-state index contributed by atoms with van der Waals surface area (Å²) in [6, 6.07) is 3.73. The number of thioether (sulfide) groups is 1. The Kier molecular flexibility index (Phi) is 6.21. The van der Waals surface area contributed by atoms with E-state index in [2.05, 4.69) is 5.32 Å². The number of nitrogens with one attached hydrogen (secondary N) is 1. The smallest absolute Gasteiger partial charge is 0.267 e. The Morgan fingerprint density at radius 2 is 2.27 bits per heavy atom. The Labute approximate surface area is 184 Å². The van der Waals surface area contributed by atoms with Gasteiger partial charge in [-0.15, -0.1) is 0 Å². The standard InChI is InChI=1S/C21H24N4O3S2/c1-3-8-25-20(27)16(30-21(25)29)11-15-17(22-12-14-7-5-10-28-14)23-18-13(2)6-4-9-24(18)19(15)26/h4,6,9,11,14,22H,3,5,7-8,10,12H2,1-2H3/b16-11-. The lowest BCUT2D eigenvalue weighted by Gasteiger charge is -2.15. The molecular formula is C21H24N4O3S2. The van der Waals surface area contributed by atoms with E-state index in [1.165, 1.54) is 16.2 Å². The van der Waals surface area contributed by atoms with Crippen molar-refractivity contribution < 1.29 is 9.53 Å². The monoisotopic (exact) mass is 444 g/mol. The highest BCUT2D eigenvalue weighted by Crippen LogP contribution is 2.33. The third-order valence-corrected chi connectivity index (χ3v) is 6.58. The van der Waals surface area contributed by atoms with Gasteiger partial charge in [-0.3, -0.25) is 18.9 Å². The molecule has 9 heteroatoms. The number of hydrogen-bond acceptors (Lipinski definition) is 7. The van der Waals surface area contributed by atoms with Crippen LogP contribution >= 0.6 is 24.0 Å². The highest BCUT2D eigenvalue weighted by molar-refractivity contribution is 8.26. The summed E-state index contributed by atoms with van der Waals surface area (Å²) in [6.45, 7) is 5.80. The summed E-state index contributed by atoms with van der Waals surface area (Å²) in [5.74, 6) is 0.302. The maximum absolute atomic E-state index is 13.3. The number of rotatable bonds is 6. The lowest BCUT2D eigenvalue weighted by atomic mass is 10.2. The number of aromatic nitrogens is 2. The van der Waals surface area contributed by atoms with E-state index in [4.69, 9.17) is 21.9 Å². The second-order valence-corrected chi connectivity index (χ2v) is 9.09. The summed E-state index contributed by atoms with van der Waals surface area (Å²) in [7, 11) is 0. The fraction of sp³-hybridized carbons (Fsp3) is 0.429. The zero-order chi connectivity index (χ0) is 21.3. The summed E-state index contributed by atoms with van der Waals surface area (Å²) in [5.41, 5.74) is 1.62. The Morgan fingerprint density at radius 1 is 1.43 bits per heavy atom. The molecule has 2 saturated heterocycles. The molecule has 0 saturated carbocycles. The number of thiocarbonyl (C=S) groups is 1. The Balaban J connectivity index is 1.77. The van der Waals surface area contributed by atoms with Crippen molar-refractivity contribution in [2.75, 3.05) is 25.0 Å². The summed E-state index contributed by atoms with van der Waals surface area (Å²) in [6.07, 6.45) is 6.24. The minimum atomic E-state index is -0.223. The molecule has 2 aromatic rings. The quantitative estimate of drug-likeness (QED) is 0.542. The van der Waals surface area contributed by atoms with Gasteiger partial charge in [0.05, 0.1) is 16.6 Å². The van der Waals surface area contributed by atoms with Crippen molar-refractivity contribution in [3.05, 3.63) is 44.7 Å². The molecular weight excluding hydrogens is 420 g/mol. The molecule has 2 aromatic heterocycles. The molecule has 0 aromatic carbocycles. The highest BCUT2D eigenvalue weighted by atomic mass is 32.2. The molecule has 4 heterocycles. The number of nitrogens with zero attached hydrogens (tertiary/aromatic N) is 3. The predicted molar refractivity (Wildman–Crippen MR) is 124 cm³/mol. The lowest BCUT2D eigenvalue weighted by molar-refractivity contribution is -0.122. The van der Waals surface area contributed by atoms with Crippen LogP contribution in [-0.2, 0) is 9.53 Å². The van der Waals surface area contributed by atoms with Gasteiger partial charge in [-0.2, -0.15) is 0 Å². The SMILES string of the molecule is CCCN1C(=O)/C(=C/c2c(NCC3CCCO3)nc3c(C)cccn3c2=O)SC1=S. The lowest BCUT2D eigenvalue weighted by Crippen LogP contribution is -2.28. The molecule has 0 spiro atoms. The fourth-order valence-electron chi connectivity index (χ4n) is 3.64. The molecule has 0 bridgehead atoms. The topological polar surface area (TPSA) is 75.9 Å². The van der Waals surface area contributed by atoms with Gasteiger partial charge in [0.2, 0.25) is 0 Å². The van der Waals surface area contributed by atoms with Crippen molar-refractivity contribution in [3.8, 4) is 0 Å². The molecule has 4 rings (SSSR count). The molecule has 1 atom stereocenters. The van der Waals surface area contributed by atoms with Gasteiger partial charge in [0.25, 0.3) is 11.5 Å². The van der Waals surface area contributed by atoms with Crippen LogP contribution in [0.5, 0.6) is 0 Å². The summed E-state index contributed by atoms with van der Waals surface area (Å²) in [5, 5.41) is 3.29. The predicted octanol–water partition coefficient (Wildman–Crippen LogP) is 3.21. The molecule has 1 N–H and O–H groups in total. The maximum atomic E-state index is 13.3. The van der Waals surface area contributed by atoms with E-state index in [-0.39, 0.29) is 17.6 Å². The molecule has 30 heavy (non-hydrogen) atoms. The molecule has 1 amide bonds. The van der Waals surface area contributed by atoms with Crippen LogP contribution in [0.1, 0.15) is 37.3 Å². The number of amides is 1. The van der Waals surface area contributed by atoms with E-state index in [0.717, 1.165) is 31.4 Å². The molecule has 2 fully saturated rings. The average Bonchev–Trinajstić information content (AvgIpc) is 3.34. The number of ether oxygens (including phenoxy) is 1. The number of pyridine rings is 1. The fourth-order valence-corrected chi connectivity index (χ4v) is 4.93. The third-order valence-electron chi connectivity index (χ3n) is 5.20. The number of anilines is 1. The van der Waals surface area contributed by atoms with Crippen LogP contribution in [0.2, 0.25) is 0 Å². The van der Waals surface area contributed by atoms with Crippen LogP contribution in [-0.4, -0.2) is 50.3 Å². The zero-order valence-corrected chi connectivity index (χ0v) is 18.6. The maximum Gasteiger partial charge on any atom is 0.267 e. The number of carbonyl (C=O) groups excluding carboxylic acids is 1. The van der Waals surface area contributed by atoms with E-state index >= 15 is 0 Å². The van der Waals surface area contributed by atoms with Crippen molar-refractivity contribution >= 4 is 51.7 Å². The van der Waals surface area contributed by atoms with Crippen LogP contribution in [0.15, 0.2) is 28.0 Å². The van der Waals surface area contributed by atoms with Gasteiger partial charge in [-0.25, -0.2) is 4.98 Å². The van der Waals surface area contributed by atoms with E-state index in [1.807, 2.05) is 26.0 Å². The summed E-state index contributed by atoms with van der Waals surface area (Å²) >= 11 is 6.58. The largest absolute Gasteiger partial charge is 0.376 e. The molecule has 7 nitrogen and oxygen atoms in total. The second-order valence-electron chi connectivity index (χ2n) is 7.41. The van der Waals surface area contributed by atoms with Gasteiger partial charge >= 0.3 is 0 Å². The van der Waals surface area contributed by atoms with Crippen molar-refractivity contribution in [2.24, 2.45) is 0 Å². The van der Waals surface area contributed by atoms with Crippen molar-refractivity contribution in [3.63, 3.8) is 0 Å². The first-order chi connectivity index (χ1) is 14.5. The minimum Gasteiger partial charge on any atom is -0.376 e. The van der Waals surface area contributed by atoms with Gasteiger partial charge in [-0.05, 0) is 43.9 Å². The number of fused-ring (bicyclic) bond motifs is 1. The van der Waals surface area contributed by atoms with Gasteiger partial charge in [0.1, 0.15) is 15.8 Å². The Bertz CT molecular complexity index is 1090. The van der Waals surface area contributed by atoms with Crippen molar-refractivity contribution in [1.29, 1.82) is 0 Å². The van der Waals surface area contributed by atoms with Crippen LogP contribution in [0.3, 0.4) is 0 Å². The molecule has 1 unspecified atom stereocenters. The van der Waals surface area contributed by atoms with E-state index in [0.29, 0.717) is 39.3 Å². The van der Waals surface area contributed by atoms with Gasteiger partial charge in [0.15, 0.2) is 0 Å². The molecule has 158 valence electrons. The Morgan fingerprint density at radius 3 is 3.00 bits per heavy atom. The summed E-state index contributed by atoms with van der Waals surface area (Å²) < 4.78 is 7.73. The van der Waals surface area contributed by atoms with E-state index < -0.39 is 0 Å². The van der Waals surface area contributed by atoms with Gasteiger partial charge in [-0.1, -0.05) is 37.0 Å². The van der Waals surface area contributed by atoms with Gasteiger partial charge in [0, 0.05) is 25.9 Å². The normalized spacial score (nSPS) is 20.7. The first-order valence-corrected chi connectivity index (χ1v) is 11.3. The van der Waals surface area contributed by atoms with Gasteiger partial charge < -0.3 is 10.1 Å². The van der Waals surface area contributed by atoms with Crippen LogP contribution in [0.25, 0.3) is 11.7 Å². The van der Waals surface area contributed by atoms with Crippen LogP contribution < -0.4 is 10.9 Å². The first kappa shape index (κ1) is 21.0. The highest BCUT2D eigenvalue weighted by Gasteiger charge is 2.32.